The van der Waals surface area contributed by atoms with E-state index in [2.05, 4.69) is 70.2 Å². The molecule has 0 amide bonds. The first-order chi connectivity index (χ1) is 15.8. The Morgan fingerprint density at radius 1 is 0.939 bits per heavy atom. The quantitative estimate of drug-likeness (QED) is 0.399. The Kier molecular flexibility index (Phi) is 8.45. The van der Waals surface area contributed by atoms with E-state index >= 15 is 0 Å². The van der Waals surface area contributed by atoms with Crippen molar-refractivity contribution >= 4 is 6.08 Å². The molecule has 1 aliphatic rings. The standard InChI is InChI=1S/C31H44O2/c1-6-10-25-11-9-18-30(33,19-16-25)20-17-26-12-13-27(21-23(26)4)31(7-2,8-3)28-14-15-29(32)24(5)22-28/h12-15,17,20-22,25,32-33H,6-11,16,18-19H2,1-5H3/b20-17+. The maximum atomic E-state index is 11.2. The Bertz CT molecular complexity index is 953. The first kappa shape index (κ1) is 25.6. The second-order valence-corrected chi connectivity index (χ2v) is 10.4. The van der Waals surface area contributed by atoms with E-state index < -0.39 is 5.60 Å². The van der Waals surface area contributed by atoms with Crippen LogP contribution in [-0.2, 0) is 5.41 Å². The van der Waals surface area contributed by atoms with Crippen LogP contribution in [0.2, 0.25) is 0 Å². The van der Waals surface area contributed by atoms with Crippen molar-refractivity contribution in [2.45, 2.75) is 103 Å². The van der Waals surface area contributed by atoms with Crippen molar-refractivity contribution in [2.75, 3.05) is 0 Å². The van der Waals surface area contributed by atoms with Crippen LogP contribution in [0.3, 0.4) is 0 Å². The van der Waals surface area contributed by atoms with E-state index in [1.165, 1.54) is 41.5 Å². The summed E-state index contributed by atoms with van der Waals surface area (Å²) >= 11 is 0. The van der Waals surface area contributed by atoms with Gasteiger partial charge in [-0.1, -0.05) is 82.5 Å². The van der Waals surface area contributed by atoms with Gasteiger partial charge in [-0.15, -0.1) is 0 Å². The minimum Gasteiger partial charge on any atom is -0.508 e. The Hall–Kier alpha value is -2.06. The van der Waals surface area contributed by atoms with Crippen molar-refractivity contribution in [3.8, 4) is 5.75 Å². The summed E-state index contributed by atoms with van der Waals surface area (Å²) in [6.45, 7) is 10.9. The van der Waals surface area contributed by atoms with Gasteiger partial charge in [0.15, 0.2) is 0 Å². The molecule has 3 rings (SSSR count). The van der Waals surface area contributed by atoms with Crippen molar-refractivity contribution in [1.29, 1.82) is 0 Å². The molecule has 2 aromatic rings. The summed E-state index contributed by atoms with van der Waals surface area (Å²) < 4.78 is 0. The molecule has 2 aromatic carbocycles. The molecule has 1 aliphatic carbocycles. The number of phenolic OH excluding ortho intramolecular Hbond substituents is 1. The number of benzene rings is 2. The van der Waals surface area contributed by atoms with Gasteiger partial charge in [-0.3, -0.25) is 0 Å². The Labute approximate surface area is 201 Å². The fourth-order valence-electron chi connectivity index (χ4n) is 5.88. The van der Waals surface area contributed by atoms with E-state index in [9.17, 15) is 10.2 Å². The van der Waals surface area contributed by atoms with Crippen LogP contribution in [0, 0.1) is 19.8 Å². The lowest BCUT2D eigenvalue weighted by Crippen LogP contribution is -2.26. The summed E-state index contributed by atoms with van der Waals surface area (Å²) in [5.74, 6) is 1.13. The van der Waals surface area contributed by atoms with Crippen LogP contribution < -0.4 is 0 Å². The lowest BCUT2D eigenvalue weighted by molar-refractivity contribution is 0.0742. The zero-order valence-corrected chi connectivity index (χ0v) is 21.5. The van der Waals surface area contributed by atoms with Crippen LogP contribution in [0.5, 0.6) is 5.75 Å². The van der Waals surface area contributed by atoms with Crippen molar-refractivity contribution in [3.05, 3.63) is 70.3 Å². The third-order valence-electron chi connectivity index (χ3n) is 8.26. The van der Waals surface area contributed by atoms with Crippen LogP contribution in [-0.4, -0.2) is 15.8 Å². The molecule has 0 radical (unpaired) electrons. The fourth-order valence-corrected chi connectivity index (χ4v) is 5.88. The molecule has 2 N–H and O–H groups in total. The van der Waals surface area contributed by atoms with Crippen LogP contribution >= 0.6 is 0 Å². The van der Waals surface area contributed by atoms with Gasteiger partial charge in [-0.25, -0.2) is 0 Å². The smallest absolute Gasteiger partial charge is 0.118 e. The second-order valence-electron chi connectivity index (χ2n) is 10.4. The topological polar surface area (TPSA) is 40.5 Å². The van der Waals surface area contributed by atoms with E-state index in [0.717, 1.165) is 50.0 Å². The highest BCUT2D eigenvalue weighted by molar-refractivity contribution is 5.57. The number of aliphatic hydroxyl groups is 1. The van der Waals surface area contributed by atoms with Crippen molar-refractivity contribution in [1.82, 2.24) is 0 Å². The third kappa shape index (κ3) is 5.72. The predicted octanol–water partition coefficient (Wildman–Crippen LogP) is 8.24. The van der Waals surface area contributed by atoms with E-state index in [1.807, 2.05) is 13.0 Å². The molecule has 33 heavy (non-hydrogen) atoms. The summed E-state index contributed by atoms with van der Waals surface area (Å²) in [7, 11) is 0. The maximum absolute atomic E-state index is 11.2. The van der Waals surface area contributed by atoms with Gasteiger partial charge in [0.05, 0.1) is 5.60 Å². The van der Waals surface area contributed by atoms with Gasteiger partial charge in [-0.2, -0.15) is 0 Å². The largest absolute Gasteiger partial charge is 0.508 e. The molecule has 0 aliphatic heterocycles. The highest BCUT2D eigenvalue weighted by Gasteiger charge is 2.32. The van der Waals surface area contributed by atoms with Gasteiger partial charge in [0.2, 0.25) is 0 Å². The van der Waals surface area contributed by atoms with E-state index in [-0.39, 0.29) is 5.41 Å². The average molecular weight is 449 g/mol. The lowest BCUT2D eigenvalue weighted by Gasteiger charge is -2.34. The van der Waals surface area contributed by atoms with Crippen molar-refractivity contribution in [2.24, 2.45) is 5.92 Å². The molecule has 0 saturated heterocycles. The van der Waals surface area contributed by atoms with Gasteiger partial charge in [-0.05, 0) is 92.2 Å². The fraction of sp³-hybridized carbons (Fsp3) is 0.548. The van der Waals surface area contributed by atoms with E-state index in [4.69, 9.17) is 0 Å². The average Bonchev–Trinajstić information content (AvgIpc) is 2.99. The minimum absolute atomic E-state index is 0.0702. The van der Waals surface area contributed by atoms with E-state index in [1.54, 1.807) is 0 Å². The van der Waals surface area contributed by atoms with Gasteiger partial charge >= 0.3 is 0 Å². The number of rotatable bonds is 8. The van der Waals surface area contributed by atoms with Crippen LogP contribution in [0.25, 0.3) is 6.08 Å². The predicted molar refractivity (Wildman–Crippen MR) is 141 cm³/mol. The van der Waals surface area contributed by atoms with Gasteiger partial charge < -0.3 is 10.2 Å². The van der Waals surface area contributed by atoms with Crippen LogP contribution in [0.15, 0.2) is 42.5 Å². The molecule has 2 heteroatoms. The second kappa shape index (κ2) is 10.9. The first-order valence-electron chi connectivity index (χ1n) is 13.1. The zero-order chi connectivity index (χ0) is 24.1. The summed E-state index contributed by atoms with van der Waals surface area (Å²) in [4.78, 5) is 0. The molecule has 0 bridgehead atoms. The number of phenols is 1. The Balaban J connectivity index is 1.85. The van der Waals surface area contributed by atoms with Crippen LogP contribution in [0.1, 0.15) is 106 Å². The highest BCUT2D eigenvalue weighted by Crippen LogP contribution is 2.41. The monoisotopic (exact) mass is 448 g/mol. The first-order valence-corrected chi connectivity index (χ1v) is 13.1. The summed E-state index contributed by atoms with van der Waals surface area (Å²) in [5.41, 5.74) is 5.19. The number of aryl methyl sites for hydroxylation is 2. The van der Waals surface area contributed by atoms with Gasteiger partial charge in [0.1, 0.15) is 5.75 Å². The molecule has 0 spiro atoms. The van der Waals surface area contributed by atoms with Crippen LogP contribution in [0.4, 0.5) is 0 Å². The Morgan fingerprint density at radius 3 is 2.21 bits per heavy atom. The summed E-state index contributed by atoms with van der Waals surface area (Å²) in [5, 5.41) is 21.3. The summed E-state index contributed by atoms with van der Waals surface area (Å²) in [6, 6.07) is 12.8. The molecular weight excluding hydrogens is 404 g/mol. The molecule has 1 fully saturated rings. The molecule has 0 aromatic heterocycles. The maximum Gasteiger partial charge on any atom is 0.118 e. The summed E-state index contributed by atoms with van der Waals surface area (Å²) in [6.07, 6.45) is 14.0. The lowest BCUT2D eigenvalue weighted by atomic mass is 9.70. The number of aromatic hydroxyl groups is 1. The van der Waals surface area contributed by atoms with Crippen molar-refractivity contribution < 1.29 is 10.2 Å². The molecule has 0 heterocycles. The van der Waals surface area contributed by atoms with Gasteiger partial charge in [0.25, 0.3) is 0 Å². The molecule has 180 valence electrons. The van der Waals surface area contributed by atoms with Gasteiger partial charge in [0, 0.05) is 5.41 Å². The molecule has 2 unspecified atom stereocenters. The third-order valence-corrected chi connectivity index (χ3v) is 8.26. The minimum atomic E-state index is -0.673. The normalized spacial score (nSPS) is 21.9. The molecule has 2 atom stereocenters. The number of hydrogen-bond acceptors (Lipinski definition) is 2. The molecular formula is C31H44O2. The molecule has 2 nitrogen and oxygen atoms in total. The Morgan fingerprint density at radius 2 is 1.61 bits per heavy atom. The molecule has 1 saturated carbocycles. The SMILES string of the molecule is CCCC1CCCC(O)(/C=C/c2ccc(C(CC)(CC)c3ccc(O)c(C)c3)cc2C)CC1. The van der Waals surface area contributed by atoms with Crippen molar-refractivity contribution in [3.63, 3.8) is 0 Å². The highest BCUT2D eigenvalue weighted by atomic mass is 16.3. The zero-order valence-electron chi connectivity index (χ0n) is 21.5. The number of hydrogen-bond donors (Lipinski definition) is 2. The van der Waals surface area contributed by atoms with E-state index in [0.29, 0.717) is 5.75 Å².